The molecule has 3 atom stereocenters. The van der Waals surface area contributed by atoms with Crippen molar-refractivity contribution in [3.63, 3.8) is 0 Å². The highest BCUT2D eigenvalue weighted by Crippen LogP contribution is 2.18. The van der Waals surface area contributed by atoms with Gasteiger partial charge in [-0.05, 0) is 0 Å². The molecule has 0 bridgehead atoms. The maximum Gasteiger partial charge on any atom is 0.330 e. The Labute approximate surface area is 124 Å². The van der Waals surface area contributed by atoms with Gasteiger partial charge >= 0.3 is 17.1 Å². The Morgan fingerprint density at radius 2 is 1.00 bits per heavy atom. The molecule has 0 spiro atoms. The summed E-state index contributed by atoms with van der Waals surface area (Å²) >= 11 is 0. The van der Waals surface area contributed by atoms with Crippen LogP contribution in [-0.4, -0.2) is 77.6 Å². The fraction of sp³-hybridized carbons (Fsp3) is 0.750. The molecule has 3 saturated heterocycles. The van der Waals surface area contributed by atoms with E-state index in [-0.39, 0.29) is 0 Å². The number of ether oxygens (including phenoxy) is 3. The Morgan fingerprint density at radius 1 is 0.727 bits per heavy atom. The highest BCUT2D eigenvalue weighted by molar-refractivity contribution is 4.83. The average molecular weight is 314 g/mol. The molecule has 3 fully saturated rings. The average Bonchev–Trinajstić information content (AvgIpc) is 3.26. The van der Waals surface area contributed by atoms with Crippen LogP contribution in [0, 0.1) is 0 Å². The molecular formula is C12H18N4O6. The molecule has 3 N–H and O–H groups in total. The number of aromatic nitrogens is 3. The van der Waals surface area contributed by atoms with Gasteiger partial charge in [-0.25, -0.2) is 14.4 Å². The van der Waals surface area contributed by atoms with Crippen molar-refractivity contribution in [2.24, 2.45) is 0 Å². The molecule has 22 heavy (non-hydrogen) atoms. The predicted octanol–water partition coefficient (Wildman–Crippen LogP) is -2.76. The number of rotatable bonds is 6. The zero-order valence-corrected chi connectivity index (χ0v) is 11.9. The number of H-pyrrole nitrogens is 3. The summed E-state index contributed by atoms with van der Waals surface area (Å²) < 4.78 is 15.7. The minimum absolute atomic E-state index is 0.484. The summed E-state index contributed by atoms with van der Waals surface area (Å²) in [4.78, 5) is 38.3. The molecular weight excluding hydrogens is 296 g/mol. The third-order valence-electron chi connectivity index (χ3n) is 3.27. The molecule has 3 aliphatic heterocycles. The van der Waals surface area contributed by atoms with Gasteiger partial charge in [0.25, 0.3) is 0 Å². The van der Waals surface area contributed by atoms with Gasteiger partial charge in [-0.2, -0.15) is 0 Å². The van der Waals surface area contributed by atoms with E-state index in [1.807, 2.05) is 0 Å². The lowest BCUT2D eigenvalue weighted by Gasteiger charge is -2.18. The molecule has 10 heteroatoms. The summed E-state index contributed by atoms with van der Waals surface area (Å²) in [5.41, 5.74) is -2.41. The molecule has 3 aliphatic rings. The minimum Gasteiger partial charge on any atom is -0.372 e. The zero-order valence-electron chi connectivity index (χ0n) is 11.9. The van der Waals surface area contributed by atoms with Crippen LogP contribution in [0.3, 0.4) is 0 Å². The van der Waals surface area contributed by atoms with E-state index >= 15 is 0 Å². The van der Waals surface area contributed by atoms with Gasteiger partial charge in [0.2, 0.25) is 0 Å². The molecule has 0 aromatic carbocycles. The van der Waals surface area contributed by atoms with Gasteiger partial charge in [-0.15, -0.1) is 0 Å². The fourth-order valence-electron chi connectivity index (χ4n) is 2.01. The van der Waals surface area contributed by atoms with Crippen molar-refractivity contribution in [3.8, 4) is 0 Å². The third kappa shape index (κ3) is 5.56. The summed E-state index contributed by atoms with van der Waals surface area (Å²) in [6, 6.07) is 0. The highest BCUT2D eigenvalue weighted by atomic mass is 16.6. The Bertz CT molecular complexity index is 543. The molecule has 4 rings (SSSR count). The predicted molar refractivity (Wildman–Crippen MR) is 74.0 cm³/mol. The van der Waals surface area contributed by atoms with Crippen molar-refractivity contribution in [2.75, 3.05) is 39.5 Å². The van der Waals surface area contributed by atoms with E-state index in [2.05, 4.69) is 4.90 Å². The summed E-state index contributed by atoms with van der Waals surface area (Å²) in [5.74, 6) is 0. The lowest BCUT2D eigenvalue weighted by atomic mass is 10.3. The maximum absolute atomic E-state index is 10.2. The molecule has 0 aliphatic carbocycles. The van der Waals surface area contributed by atoms with Crippen molar-refractivity contribution < 1.29 is 14.2 Å². The van der Waals surface area contributed by atoms with Gasteiger partial charge in [0, 0.05) is 19.6 Å². The standard InChI is InChI=1S/C9H15NO3.C3H3N3O3/c1(7-4-11-7)10(2-8-5-12-8)3-9-6-13-9;7-1-4-2(8)6-3(9)5-1/h7-9H,1-6H2;(H3,4,5,6,7,8,9). The van der Waals surface area contributed by atoms with Crippen molar-refractivity contribution in [1.82, 2.24) is 19.9 Å². The van der Waals surface area contributed by atoms with Gasteiger partial charge in [0.15, 0.2) is 0 Å². The second-order valence-corrected chi connectivity index (χ2v) is 5.45. The van der Waals surface area contributed by atoms with Crippen LogP contribution in [0.25, 0.3) is 0 Å². The molecule has 1 aromatic rings. The number of nitrogens with zero attached hydrogens (tertiary/aromatic N) is 1. The van der Waals surface area contributed by atoms with Crippen molar-refractivity contribution in [2.45, 2.75) is 18.3 Å². The van der Waals surface area contributed by atoms with E-state index in [0.29, 0.717) is 18.3 Å². The smallest absolute Gasteiger partial charge is 0.330 e. The van der Waals surface area contributed by atoms with E-state index in [0.717, 1.165) is 39.5 Å². The topological polar surface area (TPSA) is 139 Å². The quantitative estimate of drug-likeness (QED) is 0.483. The van der Waals surface area contributed by atoms with Gasteiger partial charge in [-0.1, -0.05) is 0 Å². The number of aromatic amines is 3. The monoisotopic (exact) mass is 314 g/mol. The van der Waals surface area contributed by atoms with Gasteiger partial charge in [0.1, 0.15) is 0 Å². The van der Waals surface area contributed by atoms with Crippen LogP contribution >= 0.6 is 0 Å². The molecule has 1 aromatic heterocycles. The van der Waals surface area contributed by atoms with Crippen LogP contribution in [0.5, 0.6) is 0 Å². The van der Waals surface area contributed by atoms with Crippen LogP contribution in [0.15, 0.2) is 14.4 Å². The Morgan fingerprint density at radius 3 is 1.23 bits per heavy atom. The second-order valence-electron chi connectivity index (χ2n) is 5.45. The summed E-state index contributed by atoms with van der Waals surface area (Å²) in [7, 11) is 0. The molecule has 122 valence electrons. The first-order valence-electron chi connectivity index (χ1n) is 7.08. The summed E-state index contributed by atoms with van der Waals surface area (Å²) in [5, 5.41) is 0. The van der Waals surface area contributed by atoms with Gasteiger partial charge in [-0.3, -0.25) is 19.9 Å². The lowest BCUT2D eigenvalue weighted by Crippen LogP contribution is -2.34. The summed E-state index contributed by atoms with van der Waals surface area (Å²) in [6.07, 6.45) is 1.45. The normalized spacial score (nSPS) is 28.0. The van der Waals surface area contributed by atoms with Crippen LogP contribution < -0.4 is 17.1 Å². The maximum atomic E-state index is 10.2. The number of hydrogen-bond acceptors (Lipinski definition) is 7. The fourth-order valence-corrected chi connectivity index (χ4v) is 2.01. The Kier molecular flexibility index (Phi) is 4.52. The molecule has 0 radical (unpaired) electrons. The van der Waals surface area contributed by atoms with Crippen LogP contribution in [0.2, 0.25) is 0 Å². The molecule has 4 heterocycles. The second kappa shape index (κ2) is 6.57. The Hall–Kier alpha value is -1.75. The molecule has 10 nitrogen and oxygen atoms in total. The van der Waals surface area contributed by atoms with Gasteiger partial charge < -0.3 is 14.2 Å². The van der Waals surface area contributed by atoms with Gasteiger partial charge in [0.05, 0.1) is 38.1 Å². The van der Waals surface area contributed by atoms with Crippen LogP contribution in [0.1, 0.15) is 0 Å². The number of epoxide rings is 3. The van der Waals surface area contributed by atoms with E-state index < -0.39 is 17.1 Å². The van der Waals surface area contributed by atoms with E-state index in [4.69, 9.17) is 14.2 Å². The van der Waals surface area contributed by atoms with E-state index in [9.17, 15) is 14.4 Å². The van der Waals surface area contributed by atoms with Crippen molar-refractivity contribution in [1.29, 1.82) is 0 Å². The van der Waals surface area contributed by atoms with Crippen LogP contribution in [-0.2, 0) is 14.2 Å². The first-order valence-corrected chi connectivity index (χ1v) is 7.08. The Balaban J connectivity index is 0.000000142. The van der Waals surface area contributed by atoms with Crippen molar-refractivity contribution >= 4 is 0 Å². The zero-order chi connectivity index (χ0) is 15.5. The van der Waals surface area contributed by atoms with E-state index in [1.54, 1.807) is 15.0 Å². The summed E-state index contributed by atoms with van der Waals surface area (Å²) in [6.45, 7) is 5.98. The lowest BCUT2D eigenvalue weighted by molar-refractivity contribution is 0.202. The first-order chi connectivity index (χ1) is 10.6. The molecule has 0 saturated carbocycles. The SMILES string of the molecule is C1OC1CN(CC1CO1)CC1CO1.O=c1[nH]c(=O)[nH]c(=O)[nH]1. The van der Waals surface area contributed by atoms with Crippen molar-refractivity contribution in [3.05, 3.63) is 31.5 Å². The highest BCUT2D eigenvalue weighted by Gasteiger charge is 2.34. The molecule has 3 unspecified atom stereocenters. The molecule has 0 amide bonds. The van der Waals surface area contributed by atoms with Crippen LogP contribution in [0.4, 0.5) is 0 Å². The first kappa shape index (κ1) is 15.2. The number of hydrogen-bond donors (Lipinski definition) is 3. The largest absolute Gasteiger partial charge is 0.372 e. The minimum atomic E-state index is -0.802. The number of nitrogens with one attached hydrogen (secondary N) is 3. The third-order valence-corrected chi connectivity index (χ3v) is 3.27. The van der Waals surface area contributed by atoms with E-state index in [1.165, 1.54) is 0 Å².